The minimum atomic E-state index is -3.64. The largest absolute Gasteiger partial charge is 0.454 e. The van der Waals surface area contributed by atoms with E-state index >= 15 is 0 Å². The van der Waals surface area contributed by atoms with Gasteiger partial charge in [0.15, 0.2) is 11.5 Å². The Balaban J connectivity index is 1.42. The van der Waals surface area contributed by atoms with Crippen LogP contribution in [0.4, 0.5) is 5.69 Å². The van der Waals surface area contributed by atoms with Crippen molar-refractivity contribution >= 4 is 33.4 Å². The van der Waals surface area contributed by atoms with Gasteiger partial charge in [0.05, 0.1) is 10.6 Å². The van der Waals surface area contributed by atoms with Crippen LogP contribution in [0.15, 0.2) is 46.2 Å². The molecule has 0 spiro atoms. The van der Waals surface area contributed by atoms with E-state index < -0.39 is 10.0 Å². The van der Waals surface area contributed by atoms with Crippen molar-refractivity contribution in [1.29, 1.82) is 0 Å². The summed E-state index contributed by atoms with van der Waals surface area (Å²) in [5.41, 5.74) is 1.62. The molecule has 1 saturated heterocycles. The normalized spacial score (nSPS) is 17.0. The predicted octanol–water partition coefficient (Wildman–Crippen LogP) is 2.60. The number of sulfonamides is 1. The van der Waals surface area contributed by atoms with Crippen molar-refractivity contribution in [2.45, 2.75) is 23.3 Å². The van der Waals surface area contributed by atoms with Gasteiger partial charge in [0.25, 0.3) is 0 Å². The van der Waals surface area contributed by atoms with Crippen LogP contribution in [0.25, 0.3) is 0 Å². The number of nitrogens with zero attached hydrogens (tertiary/aromatic N) is 2. The maximum Gasteiger partial charge on any atom is 0.243 e. The highest BCUT2D eigenvalue weighted by Gasteiger charge is 2.29. The first-order valence-electron chi connectivity index (χ1n) is 9.93. The lowest BCUT2D eigenvalue weighted by Gasteiger charge is -2.34. The van der Waals surface area contributed by atoms with Crippen LogP contribution >= 0.6 is 11.8 Å². The minimum Gasteiger partial charge on any atom is -0.454 e. The van der Waals surface area contributed by atoms with E-state index in [4.69, 9.17) is 9.47 Å². The van der Waals surface area contributed by atoms with Crippen LogP contribution in [-0.4, -0.2) is 62.8 Å². The number of ether oxygens (including phenoxy) is 2. The summed E-state index contributed by atoms with van der Waals surface area (Å²) in [6.45, 7) is 4.46. The molecule has 8 nitrogen and oxygen atoms in total. The van der Waals surface area contributed by atoms with Crippen molar-refractivity contribution in [1.82, 2.24) is 9.21 Å². The first-order chi connectivity index (χ1) is 14.9. The summed E-state index contributed by atoms with van der Waals surface area (Å²) < 4.78 is 38.6. The molecule has 2 aliphatic rings. The van der Waals surface area contributed by atoms with Gasteiger partial charge in [0.2, 0.25) is 22.7 Å². The van der Waals surface area contributed by atoms with Gasteiger partial charge in [0.1, 0.15) is 0 Å². The number of anilines is 1. The van der Waals surface area contributed by atoms with Gasteiger partial charge in [-0.2, -0.15) is 4.31 Å². The summed E-state index contributed by atoms with van der Waals surface area (Å²) in [5, 5.41) is 2.72. The van der Waals surface area contributed by atoms with Crippen LogP contribution in [-0.2, 0) is 21.4 Å². The molecule has 0 atom stereocenters. The Kier molecular flexibility index (Phi) is 6.42. The zero-order valence-electron chi connectivity index (χ0n) is 17.5. The number of carbonyl (C=O) groups is 1. The smallest absolute Gasteiger partial charge is 0.243 e. The predicted molar refractivity (Wildman–Crippen MR) is 119 cm³/mol. The van der Waals surface area contributed by atoms with Crippen molar-refractivity contribution in [3.8, 4) is 11.5 Å². The second kappa shape index (κ2) is 9.07. The van der Waals surface area contributed by atoms with Crippen molar-refractivity contribution in [3.63, 3.8) is 0 Å². The molecule has 0 aromatic heterocycles. The number of thioether (sulfide) groups is 1. The van der Waals surface area contributed by atoms with Crippen LogP contribution in [0.1, 0.15) is 12.5 Å². The van der Waals surface area contributed by atoms with Gasteiger partial charge in [-0.3, -0.25) is 9.69 Å². The van der Waals surface area contributed by atoms with Gasteiger partial charge in [0, 0.05) is 44.5 Å². The number of carbonyl (C=O) groups excluding carboxylic acids is 1. The number of hydrogen-bond acceptors (Lipinski definition) is 7. The first kappa shape index (κ1) is 21.9. The van der Waals surface area contributed by atoms with Crippen molar-refractivity contribution in [2.24, 2.45) is 0 Å². The monoisotopic (exact) mass is 463 g/mol. The third-order valence-electron chi connectivity index (χ3n) is 5.29. The van der Waals surface area contributed by atoms with E-state index in [-0.39, 0.29) is 17.6 Å². The third kappa shape index (κ3) is 4.82. The van der Waals surface area contributed by atoms with Crippen LogP contribution in [0.2, 0.25) is 0 Å². The van der Waals surface area contributed by atoms with E-state index in [1.807, 2.05) is 24.5 Å². The quantitative estimate of drug-likeness (QED) is 0.659. The maximum atomic E-state index is 13.2. The van der Waals surface area contributed by atoms with Crippen molar-refractivity contribution < 1.29 is 22.7 Å². The Hall–Kier alpha value is -2.27. The number of rotatable bonds is 6. The molecule has 0 unspecified atom stereocenters. The van der Waals surface area contributed by atoms with Gasteiger partial charge >= 0.3 is 0 Å². The molecule has 31 heavy (non-hydrogen) atoms. The third-order valence-corrected chi connectivity index (χ3v) is 7.98. The number of nitrogens with one attached hydrogen (secondary N) is 1. The number of amides is 1. The number of hydrogen-bond donors (Lipinski definition) is 1. The molecule has 1 amide bonds. The van der Waals surface area contributed by atoms with E-state index in [9.17, 15) is 13.2 Å². The Bertz CT molecular complexity index is 1080. The molecule has 2 aromatic carbocycles. The van der Waals surface area contributed by atoms with Crippen molar-refractivity contribution in [3.05, 3.63) is 42.0 Å². The Labute approximate surface area is 186 Å². The van der Waals surface area contributed by atoms with Gasteiger partial charge in [-0.05, 0) is 42.2 Å². The fourth-order valence-corrected chi connectivity index (χ4v) is 5.69. The maximum absolute atomic E-state index is 13.2. The average molecular weight is 464 g/mol. The summed E-state index contributed by atoms with van der Waals surface area (Å²) in [4.78, 5) is 14.7. The van der Waals surface area contributed by atoms with E-state index in [0.717, 1.165) is 28.5 Å². The lowest BCUT2D eigenvalue weighted by Crippen LogP contribution is -2.48. The molecule has 166 valence electrons. The van der Waals surface area contributed by atoms with Crippen LogP contribution in [0.5, 0.6) is 11.5 Å². The highest BCUT2D eigenvalue weighted by molar-refractivity contribution is 7.98. The highest BCUT2D eigenvalue weighted by atomic mass is 32.2. The molecule has 10 heteroatoms. The summed E-state index contributed by atoms with van der Waals surface area (Å²) in [6, 6.07) is 10.8. The second-order valence-corrected chi connectivity index (χ2v) is 10.2. The van der Waals surface area contributed by atoms with Gasteiger partial charge in [-0.25, -0.2) is 8.42 Å². The second-order valence-electron chi connectivity index (χ2n) is 7.41. The van der Waals surface area contributed by atoms with E-state index in [1.165, 1.54) is 23.0 Å². The first-order valence-corrected chi connectivity index (χ1v) is 12.6. The van der Waals surface area contributed by atoms with Crippen LogP contribution in [0, 0.1) is 0 Å². The molecule has 2 aliphatic heterocycles. The molecule has 2 heterocycles. The summed E-state index contributed by atoms with van der Waals surface area (Å²) >= 11 is 1.45. The van der Waals surface area contributed by atoms with E-state index in [2.05, 4.69) is 10.2 Å². The molecule has 0 radical (unpaired) electrons. The van der Waals surface area contributed by atoms with E-state index in [1.54, 1.807) is 18.2 Å². The molecule has 0 aliphatic carbocycles. The number of piperazine rings is 1. The molecule has 1 N–H and O–H groups in total. The lowest BCUT2D eigenvalue weighted by atomic mass is 10.2. The Morgan fingerprint density at radius 1 is 1.06 bits per heavy atom. The standard InChI is InChI=1S/C21H25N3O5S2/c1-15(25)22-18-12-17(4-6-21(18)30-2)31(26,27)24-9-7-23(8-10-24)13-16-3-5-19-20(11-16)29-14-28-19/h3-6,11-12H,7-10,13-14H2,1-2H3,(H,22,25). The van der Waals surface area contributed by atoms with Crippen LogP contribution in [0.3, 0.4) is 0 Å². The zero-order valence-corrected chi connectivity index (χ0v) is 19.1. The molecule has 0 bridgehead atoms. The number of fused-ring (bicyclic) bond motifs is 1. The topological polar surface area (TPSA) is 88.2 Å². The molecule has 0 saturated carbocycles. The molecule has 4 rings (SSSR count). The average Bonchev–Trinajstić information content (AvgIpc) is 3.21. The summed E-state index contributed by atoms with van der Waals surface area (Å²) in [5.74, 6) is 1.27. The fourth-order valence-electron chi connectivity index (χ4n) is 3.71. The Morgan fingerprint density at radius 3 is 2.52 bits per heavy atom. The summed E-state index contributed by atoms with van der Waals surface area (Å²) in [7, 11) is -3.64. The highest BCUT2D eigenvalue weighted by Crippen LogP contribution is 2.33. The summed E-state index contributed by atoms with van der Waals surface area (Å²) in [6.07, 6.45) is 1.88. The zero-order chi connectivity index (χ0) is 22.0. The Morgan fingerprint density at radius 2 is 1.81 bits per heavy atom. The lowest BCUT2D eigenvalue weighted by molar-refractivity contribution is -0.114. The fraction of sp³-hybridized carbons (Fsp3) is 0.381. The van der Waals surface area contributed by atoms with Gasteiger partial charge in [-0.1, -0.05) is 6.07 Å². The number of benzene rings is 2. The molecule has 1 fully saturated rings. The molecule has 2 aromatic rings. The SMILES string of the molecule is CSc1ccc(S(=O)(=O)N2CCN(Cc3ccc4c(c3)OCO4)CC2)cc1NC(C)=O. The van der Waals surface area contributed by atoms with Crippen LogP contribution < -0.4 is 14.8 Å². The van der Waals surface area contributed by atoms with Gasteiger partial charge < -0.3 is 14.8 Å². The molecular formula is C21H25N3O5S2. The van der Waals surface area contributed by atoms with E-state index in [0.29, 0.717) is 31.9 Å². The molecular weight excluding hydrogens is 438 g/mol. The van der Waals surface area contributed by atoms with Crippen molar-refractivity contribution in [2.75, 3.05) is 44.5 Å². The van der Waals surface area contributed by atoms with Gasteiger partial charge in [-0.15, -0.1) is 11.8 Å². The minimum absolute atomic E-state index is 0.193.